The number of piperidine rings is 1. The second kappa shape index (κ2) is 7.16. The van der Waals surface area contributed by atoms with Crippen LogP contribution < -0.4 is 0 Å². The van der Waals surface area contributed by atoms with Crippen LogP contribution in [0.4, 0.5) is 5.69 Å². The fourth-order valence-electron chi connectivity index (χ4n) is 4.21. The average Bonchev–Trinajstić information content (AvgIpc) is 2.75. The zero-order valence-electron chi connectivity index (χ0n) is 16.5. The van der Waals surface area contributed by atoms with Crippen LogP contribution in [0, 0.1) is 18.8 Å². The number of aryl methyl sites for hydroxylation is 1. The highest BCUT2D eigenvalue weighted by molar-refractivity contribution is 7.99. The Hall–Kier alpha value is -2.07. The highest BCUT2D eigenvalue weighted by Gasteiger charge is 2.27. The van der Waals surface area contributed by atoms with Gasteiger partial charge in [0.2, 0.25) is 0 Å². The first-order valence-electron chi connectivity index (χ1n) is 9.68. The molecule has 1 fully saturated rings. The summed E-state index contributed by atoms with van der Waals surface area (Å²) in [6, 6.07) is 12.5. The number of rotatable bonds is 1. The maximum Gasteiger partial charge on any atom is 0.253 e. The molecule has 140 valence electrons. The number of hydrogen-bond acceptors (Lipinski definition) is 3. The minimum atomic E-state index is 0.131. The highest BCUT2D eigenvalue weighted by Crippen LogP contribution is 2.41. The Morgan fingerprint density at radius 2 is 1.74 bits per heavy atom. The molecular weight excluding hydrogens is 352 g/mol. The molecule has 2 atom stereocenters. The third-order valence-corrected chi connectivity index (χ3v) is 6.54. The summed E-state index contributed by atoms with van der Waals surface area (Å²) in [4.78, 5) is 22.3. The molecule has 0 radical (unpaired) electrons. The monoisotopic (exact) mass is 378 g/mol. The van der Waals surface area contributed by atoms with E-state index >= 15 is 0 Å². The number of fused-ring (bicyclic) bond motifs is 2. The molecule has 1 saturated heterocycles. The van der Waals surface area contributed by atoms with E-state index in [0.29, 0.717) is 11.8 Å². The highest BCUT2D eigenvalue weighted by atomic mass is 32.2. The molecule has 27 heavy (non-hydrogen) atoms. The zero-order chi connectivity index (χ0) is 19.1. The normalized spacial score (nSPS) is 21.8. The van der Waals surface area contributed by atoms with Gasteiger partial charge < -0.3 is 4.90 Å². The molecule has 0 aromatic heterocycles. The molecule has 1 amide bonds. The topological polar surface area (TPSA) is 32.7 Å². The van der Waals surface area contributed by atoms with Crippen molar-refractivity contribution < 1.29 is 4.79 Å². The fourth-order valence-corrected chi connectivity index (χ4v) is 5.25. The Bertz CT molecular complexity index is 924. The van der Waals surface area contributed by atoms with E-state index in [1.807, 2.05) is 17.0 Å². The molecular formula is C23H26N2OS. The van der Waals surface area contributed by atoms with Crippen molar-refractivity contribution >= 4 is 29.1 Å². The predicted molar refractivity (Wildman–Crippen MR) is 112 cm³/mol. The standard InChI is InChI=1S/C23H26N2OS/c1-14-5-7-21-19(10-14)17(4)24-20-11-18(6-8-22(20)27-21)23(26)25-12-15(2)9-16(3)13-25/h5-8,10-11,15-16H,9,12-13H2,1-4H3/t15-,16-/m1/s1. The number of nitrogens with zero attached hydrogens (tertiary/aromatic N) is 2. The van der Waals surface area contributed by atoms with E-state index in [9.17, 15) is 4.79 Å². The van der Waals surface area contributed by atoms with E-state index in [2.05, 4.69) is 52.0 Å². The molecule has 2 aromatic rings. The van der Waals surface area contributed by atoms with Gasteiger partial charge in [0.1, 0.15) is 0 Å². The second-order valence-corrected chi connectivity index (χ2v) is 9.22. The summed E-state index contributed by atoms with van der Waals surface area (Å²) >= 11 is 1.73. The number of carbonyl (C=O) groups is 1. The molecule has 0 unspecified atom stereocenters. The Labute approximate surface area is 165 Å². The van der Waals surface area contributed by atoms with Crippen LogP contribution in [-0.4, -0.2) is 29.6 Å². The second-order valence-electron chi connectivity index (χ2n) is 8.14. The molecule has 2 aliphatic heterocycles. The minimum Gasteiger partial charge on any atom is -0.338 e. The van der Waals surface area contributed by atoms with Crippen LogP contribution in [0.1, 0.15) is 48.7 Å². The Kier molecular flexibility index (Phi) is 4.85. The lowest BCUT2D eigenvalue weighted by molar-refractivity contribution is 0.0623. The van der Waals surface area contributed by atoms with E-state index in [-0.39, 0.29) is 5.91 Å². The van der Waals surface area contributed by atoms with Crippen molar-refractivity contribution in [2.75, 3.05) is 13.1 Å². The van der Waals surface area contributed by atoms with E-state index in [0.717, 1.165) is 34.9 Å². The SMILES string of the molecule is CC1=Nc2cc(C(=O)N3C[C@H](C)C[C@@H](C)C3)ccc2Sc2ccc(C)cc21. The van der Waals surface area contributed by atoms with Crippen LogP contribution in [0.15, 0.2) is 51.2 Å². The lowest BCUT2D eigenvalue weighted by Crippen LogP contribution is -2.42. The Morgan fingerprint density at radius 1 is 1.04 bits per heavy atom. The Morgan fingerprint density at radius 3 is 2.48 bits per heavy atom. The van der Waals surface area contributed by atoms with Crippen molar-refractivity contribution in [1.29, 1.82) is 0 Å². The molecule has 4 heteroatoms. The van der Waals surface area contributed by atoms with Crippen LogP contribution in [0.2, 0.25) is 0 Å². The lowest BCUT2D eigenvalue weighted by Gasteiger charge is -2.35. The van der Waals surface area contributed by atoms with Gasteiger partial charge in [0.05, 0.1) is 5.69 Å². The van der Waals surface area contributed by atoms with Gasteiger partial charge in [-0.05, 0) is 62.4 Å². The molecule has 0 spiro atoms. The fraction of sp³-hybridized carbons (Fsp3) is 0.391. The summed E-state index contributed by atoms with van der Waals surface area (Å²) in [7, 11) is 0. The van der Waals surface area contributed by atoms with Crippen LogP contribution in [-0.2, 0) is 0 Å². The first kappa shape index (κ1) is 18.3. The van der Waals surface area contributed by atoms with Crippen molar-refractivity contribution in [3.05, 3.63) is 53.1 Å². The number of carbonyl (C=O) groups excluding carboxylic acids is 1. The summed E-state index contributed by atoms with van der Waals surface area (Å²) in [5.74, 6) is 1.26. The summed E-state index contributed by atoms with van der Waals surface area (Å²) < 4.78 is 0. The summed E-state index contributed by atoms with van der Waals surface area (Å²) in [6.07, 6.45) is 1.20. The predicted octanol–water partition coefficient (Wildman–Crippen LogP) is 5.72. The van der Waals surface area contributed by atoms with Gasteiger partial charge in [-0.25, -0.2) is 0 Å². The lowest BCUT2D eigenvalue weighted by atomic mass is 9.91. The van der Waals surface area contributed by atoms with Gasteiger partial charge in [-0.15, -0.1) is 0 Å². The average molecular weight is 379 g/mol. The van der Waals surface area contributed by atoms with Crippen LogP contribution in [0.3, 0.4) is 0 Å². The van der Waals surface area contributed by atoms with Crippen LogP contribution in [0.25, 0.3) is 0 Å². The maximum absolute atomic E-state index is 13.1. The van der Waals surface area contributed by atoms with Crippen molar-refractivity contribution in [3.63, 3.8) is 0 Å². The van der Waals surface area contributed by atoms with Crippen LogP contribution in [0.5, 0.6) is 0 Å². The van der Waals surface area contributed by atoms with Gasteiger partial charge in [0.25, 0.3) is 5.91 Å². The third-order valence-electron chi connectivity index (χ3n) is 5.39. The van der Waals surface area contributed by atoms with Gasteiger partial charge in [-0.3, -0.25) is 9.79 Å². The first-order valence-corrected chi connectivity index (χ1v) is 10.5. The summed E-state index contributed by atoms with van der Waals surface area (Å²) in [5.41, 5.74) is 5.07. The van der Waals surface area contributed by atoms with Gasteiger partial charge in [-0.1, -0.05) is 37.2 Å². The zero-order valence-corrected chi connectivity index (χ0v) is 17.3. The number of aliphatic imine (C=N–C) groups is 1. The van der Waals surface area contributed by atoms with Crippen molar-refractivity contribution in [1.82, 2.24) is 4.90 Å². The summed E-state index contributed by atoms with van der Waals surface area (Å²) in [6.45, 7) is 10.3. The van der Waals surface area contributed by atoms with Gasteiger partial charge in [0, 0.05) is 39.7 Å². The van der Waals surface area contributed by atoms with Crippen molar-refractivity contribution in [2.24, 2.45) is 16.8 Å². The first-order chi connectivity index (χ1) is 12.9. The largest absolute Gasteiger partial charge is 0.338 e. The molecule has 2 aliphatic rings. The summed E-state index contributed by atoms with van der Waals surface area (Å²) in [5, 5.41) is 0. The van der Waals surface area contributed by atoms with Crippen molar-refractivity contribution in [3.8, 4) is 0 Å². The quantitative estimate of drug-likeness (QED) is 0.636. The molecule has 0 N–H and O–H groups in total. The van der Waals surface area contributed by atoms with Gasteiger partial charge in [0.15, 0.2) is 0 Å². The molecule has 2 heterocycles. The number of likely N-dealkylation sites (tertiary alicyclic amines) is 1. The van der Waals surface area contributed by atoms with Gasteiger partial charge in [-0.2, -0.15) is 0 Å². The van der Waals surface area contributed by atoms with E-state index in [4.69, 9.17) is 4.99 Å². The van der Waals surface area contributed by atoms with Crippen molar-refractivity contribution in [2.45, 2.75) is 43.9 Å². The third kappa shape index (κ3) is 3.68. The molecule has 2 aromatic carbocycles. The van der Waals surface area contributed by atoms with Crippen LogP contribution >= 0.6 is 11.8 Å². The molecule has 0 bridgehead atoms. The maximum atomic E-state index is 13.1. The molecule has 0 aliphatic carbocycles. The molecule has 0 saturated carbocycles. The number of benzene rings is 2. The Balaban J connectivity index is 1.67. The smallest absolute Gasteiger partial charge is 0.253 e. The number of amides is 1. The number of hydrogen-bond donors (Lipinski definition) is 0. The minimum absolute atomic E-state index is 0.131. The molecule has 3 nitrogen and oxygen atoms in total. The van der Waals surface area contributed by atoms with E-state index < -0.39 is 0 Å². The van der Waals surface area contributed by atoms with E-state index in [1.165, 1.54) is 22.4 Å². The molecule has 4 rings (SSSR count). The van der Waals surface area contributed by atoms with Gasteiger partial charge >= 0.3 is 0 Å². The van der Waals surface area contributed by atoms with E-state index in [1.54, 1.807) is 11.8 Å².